The summed E-state index contributed by atoms with van der Waals surface area (Å²) in [4.78, 5) is 15.9. The van der Waals surface area contributed by atoms with Crippen molar-refractivity contribution in [3.63, 3.8) is 0 Å². The monoisotopic (exact) mass is 373 g/mol. The van der Waals surface area contributed by atoms with Crippen molar-refractivity contribution in [2.24, 2.45) is 0 Å². The predicted molar refractivity (Wildman–Crippen MR) is 108 cm³/mol. The molecule has 0 spiro atoms. The van der Waals surface area contributed by atoms with Crippen LogP contribution in [0.5, 0.6) is 0 Å². The molecular formula is C23H19NO2S. The summed E-state index contributed by atoms with van der Waals surface area (Å²) in [6.45, 7) is 0. The van der Waals surface area contributed by atoms with E-state index in [0.29, 0.717) is 5.56 Å². The molecule has 2 atom stereocenters. The zero-order valence-corrected chi connectivity index (χ0v) is 15.8. The maximum absolute atomic E-state index is 12.1. The molecule has 134 valence electrons. The van der Waals surface area contributed by atoms with Crippen molar-refractivity contribution in [1.29, 1.82) is 0 Å². The van der Waals surface area contributed by atoms with Gasteiger partial charge < -0.3 is 9.64 Å². The first kappa shape index (κ1) is 16.5. The van der Waals surface area contributed by atoms with Crippen molar-refractivity contribution in [2.75, 3.05) is 17.9 Å². The highest BCUT2D eigenvalue weighted by molar-refractivity contribution is 7.99. The molecule has 0 aromatic heterocycles. The summed E-state index contributed by atoms with van der Waals surface area (Å²) in [5.41, 5.74) is 5.68. The molecule has 0 saturated heterocycles. The van der Waals surface area contributed by atoms with E-state index in [-0.39, 0.29) is 17.9 Å². The minimum Gasteiger partial charge on any atom is -0.465 e. The largest absolute Gasteiger partial charge is 0.465 e. The van der Waals surface area contributed by atoms with Gasteiger partial charge in [0, 0.05) is 16.5 Å². The van der Waals surface area contributed by atoms with Crippen LogP contribution in [0.3, 0.4) is 0 Å². The van der Waals surface area contributed by atoms with Crippen molar-refractivity contribution in [3.8, 4) is 0 Å². The van der Waals surface area contributed by atoms with E-state index >= 15 is 0 Å². The highest BCUT2D eigenvalue weighted by atomic mass is 32.2. The molecule has 2 unspecified atom stereocenters. The minimum atomic E-state index is -0.289. The van der Waals surface area contributed by atoms with Crippen molar-refractivity contribution in [1.82, 2.24) is 0 Å². The molecule has 0 amide bonds. The third-order valence-corrected chi connectivity index (χ3v) is 6.59. The van der Waals surface area contributed by atoms with Crippen LogP contribution in [-0.4, -0.2) is 19.0 Å². The Bertz CT molecular complexity index is 1020. The second kappa shape index (κ2) is 6.46. The maximum Gasteiger partial charge on any atom is 0.337 e. The molecule has 5 rings (SSSR count). The van der Waals surface area contributed by atoms with Crippen molar-refractivity contribution < 1.29 is 9.53 Å². The molecule has 3 nitrogen and oxygen atoms in total. The number of carbonyl (C=O) groups is 1. The van der Waals surface area contributed by atoms with Gasteiger partial charge in [-0.2, -0.15) is 0 Å². The van der Waals surface area contributed by atoms with E-state index in [1.807, 2.05) is 23.9 Å². The van der Waals surface area contributed by atoms with Crippen LogP contribution in [0.25, 0.3) is 0 Å². The normalized spacial score (nSPS) is 19.8. The zero-order valence-electron chi connectivity index (χ0n) is 15.0. The SMILES string of the molecule is COC(=O)c1ccc2c(c1)N1CSc3ccccc3C1C2c1ccccc1. The van der Waals surface area contributed by atoms with Gasteiger partial charge in [0.1, 0.15) is 0 Å². The maximum atomic E-state index is 12.1. The number of esters is 1. The van der Waals surface area contributed by atoms with Crippen LogP contribution < -0.4 is 4.90 Å². The van der Waals surface area contributed by atoms with Crippen molar-refractivity contribution in [3.05, 3.63) is 95.1 Å². The molecule has 4 heteroatoms. The van der Waals surface area contributed by atoms with Crippen LogP contribution in [0.4, 0.5) is 5.69 Å². The van der Waals surface area contributed by atoms with Gasteiger partial charge in [0.15, 0.2) is 0 Å². The fourth-order valence-electron chi connectivity index (χ4n) is 4.32. The van der Waals surface area contributed by atoms with Crippen LogP contribution in [0.2, 0.25) is 0 Å². The van der Waals surface area contributed by atoms with Crippen LogP contribution in [-0.2, 0) is 4.74 Å². The van der Waals surface area contributed by atoms with Crippen LogP contribution in [0, 0.1) is 0 Å². The number of ether oxygens (including phenoxy) is 1. The summed E-state index contributed by atoms with van der Waals surface area (Å²) >= 11 is 1.86. The lowest BCUT2D eigenvalue weighted by Crippen LogP contribution is -2.30. The molecule has 0 N–H and O–H groups in total. The van der Waals surface area contributed by atoms with E-state index in [2.05, 4.69) is 65.6 Å². The zero-order chi connectivity index (χ0) is 18.4. The highest BCUT2D eigenvalue weighted by Crippen LogP contribution is 2.56. The second-order valence-electron chi connectivity index (χ2n) is 6.88. The number of benzene rings is 3. The van der Waals surface area contributed by atoms with Crippen molar-refractivity contribution in [2.45, 2.75) is 16.9 Å². The average Bonchev–Trinajstić information content (AvgIpc) is 3.08. The fraction of sp³-hybridized carbons (Fsp3) is 0.174. The molecule has 0 bridgehead atoms. The van der Waals surface area contributed by atoms with Gasteiger partial charge in [-0.1, -0.05) is 54.6 Å². The highest BCUT2D eigenvalue weighted by Gasteiger charge is 2.43. The summed E-state index contributed by atoms with van der Waals surface area (Å²) in [6.07, 6.45) is 0. The molecule has 0 aliphatic carbocycles. The molecule has 27 heavy (non-hydrogen) atoms. The number of fused-ring (bicyclic) bond motifs is 5. The van der Waals surface area contributed by atoms with Gasteiger partial charge in [0.2, 0.25) is 0 Å². The fourth-order valence-corrected chi connectivity index (χ4v) is 5.42. The lowest BCUT2D eigenvalue weighted by molar-refractivity contribution is 0.0601. The quantitative estimate of drug-likeness (QED) is 0.575. The Hall–Kier alpha value is -2.72. The molecule has 2 aliphatic rings. The number of nitrogens with zero attached hydrogens (tertiary/aromatic N) is 1. The smallest absolute Gasteiger partial charge is 0.337 e. The summed E-state index contributed by atoms with van der Waals surface area (Å²) < 4.78 is 4.94. The third kappa shape index (κ3) is 2.55. The Morgan fingerprint density at radius 2 is 1.78 bits per heavy atom. The van der Waals surface area contributed by atoms with Gasteiger partial charge in [0.25, 0.3) is 0 Å². The standard InChI is InChI=1S/C23H19NO2S/c1-26-23(25)16-11-12-17-19(13-16)24-14-27-20-10-6-5-9-18(20)22(24)21(17)15-7-3-2-4-8-15/h2-13,21-22H,14H2,1H3. The number of thioether (sulfide) groups is 1. The third-order valence-electron chi connectivity index (χ3n) is 5.50. The first-order chi connectivity index (χ1) is 13.3. The van der Waals surface area contributed by atoms with E-state index in [4.69, 9.17) is 4.74 Å². The van der Waals surface area contributed by atoms with Gasteiger partial charge in [-0.3, -0.25) is 0 Å². The summed E-state index contributed by atoms with van der Waals surface area (Å²) in [6, 6.07) is 25.6. The molecule has 2 heterocycles. The first-order valence-corrected chi connectivity index (χ1v) is 10.0. The molecule has 0 saturated carbocycles. The van der Waals surface area contributed by atoms with E-state index in [9.17, 15) is 4.79 Å². The van der Waals surface area contributed by atoms with Gasteiger partial charge in [0.05, 0.1) is 24.6 Å². The Morgan fingerprint density at radius 3 is 2.59 bits per heavy atom. The molecule has 2 aliphatic heterocycles. The Balaban J connectivity index is 1.71. The number of carbonyl (C=O) groups excluding carboxylic acids is 1. The molecule has 3 aromatic carbocycles. The molecular weight excluding hydrogens is 354 g/mol. The second-order valence-corrected chi connectivity index (χ2v) is 7.87. The first-order valence-electron chi connectivity index (χ1n) is 9.03. The molecule has 0 fully saturated rings. The van der Waals surface area contributed by atoms with Crippen LogP contribution in [0.1, 0.15) is 39.0 Å². The van der Waals surface area contributed by atoms with Gasteiger partial charge in [-0.05, 0) is 34.9 Å². The van der Waals surface area contributed by atoms with Crippen molar-refractivity contribution >= 4 is 23.4 Å². The predicted octanol–water partition coefficient (Wildman–Crippen LogP) is 5.23. The topological polar surface area (TPSA) is 29.5 Å². The van der Waals surface area contributed by atoms with Crippen LogP contribution >= 0.6 is 11.8 Å². The van der Waals surface area contributed by atoms with Gasteiger partial charge in [-0.25, -0.2) is 4.79 Å². The lowest BCUT2D eigenvalue weighted by Gasteiger charge is -2.36. The summed E-state index contributed by atoms with van der Waals surface area (Å²) in [5.74, 6) is 0.834. The summed E-state index contributed by atoms with van der Waals surface area (Å²) in [5, 5.41) is 0. The molecule has 0 radical (unpaired) electrons. The number of anilines is 1. The number of methoxy groups -OCH3 is 1. The van der Waals surface area contributed by atoms with Crippen LogP contribution in [0.15, 0.2) is 77.7 Å². The Labute approximate surface area is 163 Å². The molecule has 3 aromatic rings. The van der Waals surface area contributed by atoms with Gasteiger partial charge in [-0.15, -0.1) is 11.8 Å². The Morgan fingerprint density at radius 1 is 1.00 bits per heavy atom. The van der Waals surface area contributed by atoms with E-state index in [0.717, 1.165) is 11.6 Å². The minimum absolute atomic E-state index is 0.243. The summed E-state index contributed by atoms with van der Waals surface area (Å²) in [7, 11) is 1.43. The van der Waals surface area contributed by atoms with E-state index in [1.54, 1.807) is 0 Å². The number of hydrogen-bond acceptors (Lipinski definition) is 4. The number of rotatable bonds is 2. The number of hydrogen-bond donors (Lipinski definition) is 0. The van der Waals surface area contributed by atoms with E-state index in [1.165, 1.54) is 28.7 Å². The van der Waals surface area contributed by atoms with E-state index < -0.39 is 0 Å². The lowest BCUT2D eigenvalue weighted by atomic mass is 9.84. The Kier molecular flexibility index (Phi) is 3.94. The average molecular weight is 373 g/mol. The van der Waals surface area contributed by atoms with Gasteiger partial charge >= 0.3 is 5.97 Å².